The molecule has 3 aromatic rings. The van der Waals surface area contributed by atoms with Crippen LogP contribution < -0.4 is 11.3 Å². The number of halogens is 1. The van der Waals surface area contributed by atoms with E-state index in [9.17, 15) is 4.39 Å². The highest BCUT2D eigenvalue weighted by Crippen LogP contribution is 2.25. The first-order chi connectivity index (χ1) is 9.76. The summed E-state index contributed by atoms with van der Waals surface area (Å²) in [5.41, 5.74) is 4.73. The van der Waals surface area contributed by atoms with Crippen LogP contribution in [0.1, 0.15) is 16.6 Å². The zero-order valence-electron chi connectivity index (χ0n) is 10.7. The Morgan fingerprint density at radius 1 is 1.15 bits per heavy atom. The number of nitrogens with two attached hydrogens (primary N) is 1. The zero-order valence-corrected chi connectivity index (χ0v) is 11.5. The molecule has 2 aromatic carbocycles. The van der Waals surface area contributed by atoms with Crippen LogP contribution in [-0.4, -0.2) is 4.98 Å². The maximum atomic E-state index is 13.0. The van der Waals surface area contributed by atoms with Crippen molar-refractivity contribution in [1.82, 2.24) is 10.4 Å². The Kier molecular flexibility index (Phi) is 3.73. The van der Waals surface area contributed by atoms with Gasteiger partial charge in [-0.1, -0.05) is 24.3 Å². The van der Waals surface area contributed by atoms with Gasteiger partial charge in [0.15, 0.2) is 0 Å². The first-order valence-electron chi connectivity index (χ1n) is 6.32. The minimum absolute atomic E-state index is 0.0730. The summed E-state index contributed by atoms with van der Waals surface area (Å²) in [6, 6.07) is 14.3. The molecule has 0 saturated heterocycles. The van der Waals surface area contributed by atoms with Crippen LogP contribution >= 0.6 is 11.3 Å². The second kappa shape index (κ2) is 5.66. The smallest absolute Gasteiger partial charge is 0.123 e. The quantitative estimate of drug-likeness (QED) is 0.572. The lowest BCUT2D eigenvalue weighted by molar-refractivity contribution is 0.548. The summed E-state index contributed by atoms with van der Waals surface area (Å²) in [6.07, 6.45) is 0.682. The summed E-state index contributed by atoms with van der Waals surface area (Å²) in [4.78, 5) is 4.59. The molecule has 0 aliphatic carbocycles. The van der Waals surface area contributed by atoms with Crippen LogP contribution in [0.2, 0.25) is 0 Å². The Balaban J connectivity index is 1.85. The lowest BCUT2D eigenvalue weighted by Gasteiger charge is -2.14. The number of thiazole rings is 1. The molecule has 1 aromatic heterocycles. The first kappa shape index (κ1) is 13.2. The fourth-order valence-electron chi connectivity index (χ4n) is 2.15. The number of hydrogen-bond donors (Lipinski definition) is 2. The number of para-hydroxylation sites is 1. The highest BCUT2D eigenvalue weighted by Gasteiger charge is 2.13. The van der Waals surface area contributed by atoms with E-state index >= 15 is 0 Å². The lowest BCUT2D eigenvalue weighted by Crippen LogP contribution is -2.29. The molecule has 0 aliphatic rings. The summed E-state index contributed by atoms with van der Waals surface area (Å²) in [5, 5.41) is 1.01. The topological polar surface area (TPSA) is 50.9 Å². The van der Waals surface area contributed by atoms with E-state index < -0.39 is 0 Å². The van der Waals surface area contributed by atoms with Crippen molar-refractivity contribution in [1.29, 1.82) is 0 Å². The Morgan fingerprint density at radius 2 is 1.90 bits per heavy atom. The molecular formula is C15H14FN3S. The summed E-state index contributed by atoms with van der Waals surface area (Å²) in [6.45, 7) is 0. The van der Waals surface area contributed by atoms with E-state index in [2.05, 4.69) is 16.5 Å². The minimum Gasteiger partial charge on any atom is -0.271 e. The van der Waals surface area contributed by atoms with E-state index in [1.807, 2.05) is 18.2 Å². The SMILES string of the molecule is NNC(Cc1nc2ccccc2s1)c1ccc(F)cc1. The van der Waals surface area contributed by atoms with Crippen molar-refractivity contribution in [2.45, 2.75) is 12.5 Å². The number of benzene rings is 2. The molecule has 0 saturated carbocycles. The molecule has 0 bridgehead atoms. The largest absolute Gasteiger partial charge is 0.271 e. The number of aromatic nitrogens is 1. The third-order valence-electron chi connectivity index (χ3n) is 3.19. The van der Waals surface area contributed by atoms with Crippen LogP contribution in [0.4, 0.5) is 4.39 Å². The second-order valence-electron chi connectivity index (χ2n) is 4.55. The van der Waals surface area contributed by atoms with Crippen molar-refractivity contribution in [2.24, 2.45) is 5.84 Å². The molecule has 102 valence electrons. The van der Waals surface area contributed by atoms with Gasteiger partial charge in [0, 0.05) is 6.42 Å². The van der Waals surface area contributed by atoms with Gasteiger partial charge in [-0.3, -0.25) is 11.3 Å². The molecule has 0 fully saturated rings. The summed E-state index contributed by atoms with van der Waals surface area (Å²) < 4.78 is 14.1. The monoisotopic (exact) mass is 287 g/mol. The normalized spacial score (nSPS) is 12.7. The van der Waals surface area contributed by atoms with Crippen molar-refractivity contribution in [3.8, 4) is 0 Å². The van der Waals surface area contributed by atoms with Crippen LogP contribution in [0.3, 0.4) is 0 Å². The standard InChI is InChI=1S/C15H14FN3S/c16-11-7-5-10(6-8-11)13(19-17)9-15-18-12-3-1-2-4-14(12)20-15/h1-8,13,19H,9,17H2. The van der Waals surface area contributed by atoms with Crippen LogP contribution in [0.5, 0.6) is 0 Å². The Labute approximate surface area is 120 Å². The fourth-order valence-corrected chi connectivity index (χ4v) is 3.16. The van der Waals surface area contributed by atoms with E-state index in [0.717, 1.165) is 20.8 Å². The minimum atomic E-state index is -0.246. The summed E-state index contributed by atoms with van der Waals surface area (Å²) >= 11 is 1.66. The molecule has 0 aliphatic heterocycles. The molecule has 0 amide bonds. The van der Waals surface area contributed by atoms with E-state index in [0.29, 0.717) is 6.42 Å². The number of fused-ring (bicyclic) bond motifs is 1. The Morgan fingerprint density at radius 3 is 2.60 bits per heavy atom. The van der Waals surface area contributed by atoms with Gasteiger partial charge in [0.25, 0.3) is 0 Å². The van der Waals surface area contributed by atoms with Crippen molar-refractivity contribution >= 4 is 21.6 Å². The number of hydrogen-bond acceptors (Lipinski definition) is 4. The maximum absolute atomic E-state index is 13.0. The number of nitrogens with zero attached hydrogens (tertiary/aromatic N) is 1. The molecule has 3 rings (SSSR count). The molecule has 1 heterocycles. The molecule has 0 spiro atoms. The summed E-state index contributed by atoms with van der Waals surface area (Å²) in [7, 11) is 0. The number of nitrogens with one attached hydrogen (secondary N) is 1. The van der Waals surface area contributed by atoms with Crippen molar-refractivity contribution in [3.05, 3.63) is 64.9 Å². The van der Waals surface area contributed by atoms with Crippen LogP contribution in [-0.2, 0) is 6.42 Å². The van der Waals surface area contributed by atoms with Gasteiger partial charge in [-0.15, -0.1) is 11.3 Å². The molecule has 3 N–H and O–H groups in total. The second-order valence-corrected chi connectivity index (χ2v) is 5.67. The van der Waals surface area contributed by atoms with Crippen molar-refractivity contribution < 1.29 is 4.39 Å². The molecule has 1 atom stereocenters. The van der Waals surface area contributed by atoms with E-state index in [4.69, 9.17) is 5.84 Å². The van der Waals surface area contributed by atoms with Crippen LogP contribution in [0, 0.1) is 5.82 Å². The Hall–Kier alpha value is -1.82. The highest BCUT2D eigenvalue weighted by atomic mass is 32.1. The Bertz CT molecular complexity index is 675. The average Bonchev–Trinajstić information content (AvgIpc) is 2.88. The first-order valence-corrected chi connectivity index (χ1v) is 7.14. The summed E-state index contributed by atoms with van der Waals surface area (Å²) in [5.74, 6) is 5.37. The number of rotatable bonds is 4. The van der Waals surface area contributed by atoms with E-state index in [1.165, 1.54) is 12.1 Å². The molecular weight excluding hydrogens is 273 g/mol. The molecule has 5 heteroatoms. The molecule has 1 unspecified atom stereocenters. The fraction of sp³-hybridized carbons (Fsp3) is 0.133. The van der Waals surface area contributed by atoms with Gasteiger partial charge in [0.1, 0.15) is 5.82 Å². The van der Waals surface area contributed by atoms with E-state index in [-0.39, 0.29) is 11.9 Å². The predicted molar refractivity (Wildman–Crippen MR) is 79.8 cm³/mol. The van der Waals surface area contributed by atoms with Gasteiger partial charge in [-0.25, -0.2) is 9.37 Å². The third-order valence-corrected chi connectivity index (χ3v) is 4.25. The van der Waals surface area contributed by atoms with Gasteiger partial charge in [0.05, 0.1) is 21.3 Å². The van der Waals surface area contributed by atoms with Crippen molar-refractivity contribution in [3.63, 3.8) is 0 Å². The van der Waals surface area contributed by atoms with Gasteiger partial charge in [-0.2, -0.15) is 0 Å². The highest BCUT2D eigenvalue weighted by molar-refractivity contribution is 7.18. The third kappa shape index (κ3) is 2.70. The van der Waals surface area contributed by atoms with E-state index in [1.54, 1.807) is 23.5 Å². The van der Waals surface area contributed by atoms with Gasteiger partial charge < -0.3 is 0 Å². The molecule has 20 heavy (non-hydrogen) atoms. The average molecular weight is 287 g/mol. The molecule has 3 nitrogen and oxygen atoms in total. The van der Waals surface area contributed by atoms with Gasteiger partial charge in [-0.05, 0) is 29.8 Å². The molecule has 0 radical (unpaired) electrons. The lowest BCUT2D eigenvalue weighted by atomic mass is 10.0. The predicted octanol–water partition coefficient (Wildman–Crippen LogP) is 3.18. The zero-order chi connectivity index (χ0) is 13.9. The van der Waals surface area contributed by atoms with Gasteiger partial charge in [0.2, 0.25) is 0 Å². The van der Waals surface area contributed by atoms with Crippen LogP contribution in [0.15, 0.2) is 48.5 Å². The number of hydrazine groups is 1. The van der Waals surface area contributed by atoms with Gasteiger partial charge >= 0.3 is 0 Å². The maximum Gasteiger partial charge on any atom is 0.123 e. The van der Waals surface area contributed by atoms with Crippen molar-refractivity contribution in [2.75, 3.05) is 0 Å². The van der Waals surface area contributed by atoms with Crippen LogP contribution in [0.25, 0.3) is 10.2 Å².